The number of hydrogen-bond acceptors (Lipinski definition) is 5. The lowest BCUT2D eigenvalue weighted by atomic mass is 10.2. The first-order valence-electron chi connectivity index (χ1n) is 6.79. The Labute approximate surface area is 131 Å². The second-order valence-electron chi connectivity index (χ2n) is 4.64. The third-order valence-electron chi connectivity index (χ3n) is 2.85. The van der Waals surface area contributed by atoms with E-state index in [4.69, 9.17) is 4.74 Å². The van der Waals surface area contributed by atoms with Gasteiger partial charge in [0.25, 0.3) is 5.91 Å². The maximum Gasteiger partial charge on any atom is 0.338 e. The van der Waals surface area contributed by atoms with Gasteiger partial charge in [0.15, 0.2) is 0 Å². The summed E-state index contributed by atoms with van der Waals surface area (Å²) in [5, 5.41) is 2.68. The van der Waals surface area contributed by atoms with Crippen molar-refractivity contribution in [3.8, 4) is 0 Å². The molecule has 1 heterocycles. The summed E-state index contributed by atoms with van der Waals surface area (Å²) in [5.74, 6) is -0.749. The van der Waals surface area contributed by atoms with Crippen molar-refractivity contribution in [1.29, 1.82) is 0 Å². The number of hydrogen-bond donors (Lipinski definition) is 2. The number of rotatable bonds is 5. The zero-order valence-electron chi connectivity index (χ0n) is 12.3. The van der Waals surface area contributed by atoms with Crippen molar-refractivity contribution in [3.05, 3.63) is 50.1 Å². The van der Waals surface area contributed by atoms with Crippen molar-refractivity contribution in [2.45, 2.75) is 20.3 Å². The smallest absolute Gasteiger partial charge is 0.338 e. The SMILES string of the molecule is CCCOC(=O)c1ccc(NC(=O)c2sc(=O)[nH]c2C)cc1. The molecular formula is C15H16N2O4S. The van der Waals surface area contributed by atoms with Crippen LogP contribution in [0.4, 0.5) is 5.69 Å². The van der Waals surface area contributed by atoms with Gasteiger partial charge in [0.05, 0.1) is 12.2 Å². The number of carbonyl (C=O) groups is 2. The third kappa shape index (κ3) is 3.82. The predicted octanol–water partition coefficient (Wildman–Crippen LogP) is 2.56. The van der Waals surface area contributed by atoms with Crippen molar-refractivity contribution in [3.63, 3.8) is 0 Å². The van der Waals surface area contributed by atoms with Crippen molar-refractivity contribution in [2.24, 2.45) is 0 Å². The molecule has 2 N–H and O–H groups in total. The van der Waals surface area contributed by atoms with Gasteiger partial charge in [-0.3, -0.25) is 9.59 Å². The molecule has 22 heavy (non-hydrogen) atoms. The zero-order chi connectivity index (χ0) is 16.1. The minimum absolute atomic E-state index is 0.267. The monoisotopic (exact) mass is 320 g/mol. The molecule has 0 unspecified atom stereocenters. The molecule has 1 aromatic heterocycles. The van der Waals surface area contributed by atoms with Crippen LogP contribution in [-0.4, -0.2) is 23.5 Å². The molecule has 2 rings (SSSR count). The van der Waals surface area contributed by atoms with E-state index in [0.29, 0.717) is 28.4 Å². The quantitative estimate of drug-likeness (QED) is 0.829. The fourth-order valence-corrected chi connectivity index (χ4v) is 2.51. The molecular weight excluding hydrogens is 304 g/mol. The number of nitrogens with one attached hydrogen (secondary N) is 2. The molecule has 0 aliphatic carbocycles. The van der Waals surface area contributed by atoms with E-state index >= 15 is 0 Å². The van der Waals surface area contributed by atoms with E-state index in [2.05, 4.69) is 10.3 Å². The number of aryl methyl sites for hydroxylation is 1. The van der Waals surface area contributed by atoms with E-state index in [1.54, 1.807) is 31.2 Å². The highest BCUT2D eigenvalue weighted by atomic mass is 32.1. The molecule has 6 nitrogen and oxygen atoms in total. The Morgan fingerprint density at radius 3 is 2.50 bits per heavy atom. The highest BCUT2D eigenvalue weighted by Crippen LogP contribution is 2.14. The lowest BCUT2D eigenvalue weighted by Gasteiger charge is -2.06. The van der Waals surface area contributed by atoms with Crippen LogP contribution >= 0.6 is 11.3 Å². The highest BCUT2D eigenvalue weighted by molar-refractivity contribution is 7.11. The van der Waals surface area contributed by atoms with Crippen LogP contribution in [0.15, 0.2) is 29.1 Å². The van der Waals surface area contributed by atoms with E-state index in [1.807, 2.05) is 6.92 Å². The number of ether oxygens (including phenoxy) is 1. The number of thiazole rings is 1. The third-order valence-corrected chi connectivity index (χ3v) is 3.83. The number of H-pyrrole nitrogens is 1. The number of carbonyl (C=O) groups excluding carboxylic acids is 2. The average molecular weight is 320 g/mol. The summed E-state index contributed by atoms with van der Waals surface area (Å²) in [4.78, 5) is 37.6. The van der Waals surface area contributed by atoms with Crippen LogP contribution in [0.1, 0.15) is 39.1 Å². The number of aromatic nitrogens is 1. The summed E-state index contributed by atoms with van der Waals surface area (Å²) in [6.45, 7) is 3.96. The molecule has 1 aromatic carbocycles. The second-order valence-corrected chi connectivity index (χ2v) is 5.62. The summed E-state index contributed by atoms with van der Waals surface area (Å²) in [5.41, 5.74) is 1.50. The van der Waals surface area contributed by atoms with Gasteiger partial charge in [-0.25, -0.2) is 4.79 Å². The Bertz CT molecular complexity index is 731. The molecule has 2 aromatic rings. The van der Waals surface area contributed by atoms with Gasteiger partial charge in [0, 0.05) is 11.4 Å². The molecule has 0 bridgehead atoms. The van der Waals surface area contributed by atoms with Crippen LogP contribution in [0, 0.1) is 6.92 Å². The normalized spacial score (nSPS) is 10.3. The van der Waals surface area contributed by atoms with Gasteiger partial charge in [0.1, 0.15) is 4.88 Å². The second kappa shape index (κ2) is 7.04. The molecule has 116 valence electrons. The predicted molar refractivity (Wildman–Crippen MR) is 84.6 cm³/mol. The molecule has 0 aliphatic rings. The number of benzene rings is 1. The summed E-state index contributed by atoms with van der Waals surface area (Å²) in [7, 11) is 0. The Hall–Kier alpha value is -2.41. The molecule has 0 saturated carbocycles. The molecule has 0 spiro atoms. The van der Waals surface area contributed by atoms with Crippen molar-refractivity contribution >= 4 is 28.9 Å². The van der Waals surface area contributed by atoms with Crippen molar-refractivity contribution < 1.29 is 14.3 Å². The van der Waals surface area contributed by atoms with E-state index in [-0.39, 0.29) is 16.7 Å². The van der Waals surface area contributed by atoms with Crippen molar-refractivity contribution in [1.82, 2.24) is 4.98 Å². The average Bonchev–Trinajstić information content (AvgIpc) is 2.84. The van der Waals surface area contributed by atoms with E-state index < -0.39 is 0 Å². The van der Waals surface area contributed by atoms with Crippen LogP contribution in [0.5, 0.6) is 0 Å². The minimum atomic E-state index is -0.389. The summed E-state index contributed by atoms with van der Waals surface area (Å²) >= 11 is 0.862. The van der Waals surface area contributed by atoms with Gasteiger partial charge >= 0.3 is 10.8 Å². The van der Waals surface area contributed by atoms with Crippen LogP contribution in [0.25, 0.3) is 0 Å². The fraction of sp³-hybridized carbons (Fsp3) is 0.267. The lowest BCUT2D eigenvalue weighted by Crippen LogP contribution is -2.12. The Morgan fingerprint density at radius 1 is 1.27 bits per heavy atom. The molecule has 0 atom stereocenters. The fourth-order valence-electron chi connectivity index (χ4n) is 1.78. The Morgan fingerprint density at radius 2 is 1.95 bits per heavy atom. The maximum absolute atomic E-state index is 12.1. The van der Waals surface area contributed by atoms with E-state index in [9.17, 15) is 14.4 Å². The van der Waals surface area contributed by atoms with Gasteiger partial charge in [-0.2, -0.15) is 0 Å². The summed E-state index contributed by atoms with van der Waals surface area (Å²) in [6.07, 6.45) is 0.763. The van der Waals surface area contributed by atoms with Gasteiger partial charge in [0.2, 0.25) is 0 Å². The number of aromatic amines is 1. The van der Waals surface area contributed by atoms with Gasteiger partial charge in [-0.1, -0.05) is 18.3 Å². The minimum Gasteiger partial charge on any atom is -0.462 e. The van der Waals surface area contributed by atoms with Crippen LogP contribution in [0.2, 0.25) is 0 Å². The number of amides is 1. The zero-order valence-corrected chi connectivity index (χ0v) is 13.1. The standard InChI is InChI=1S/C15H16N2O4S/c1-3-8-21-14(19)10-4-6-11(7-5-10)17-13(18)12-9(2)16-15(20)22-12/h4-7H,3,8H2,1-2H3,(H,16,20)(H,17,18). The van der Waals surface area contributed by atoms with Gasteiger partial charge in [-0.15, -0.1) is 0 Å². The first-order chi connectivity index (χ1) is 10.5. The van der Waals surface area contributed by atoms with E-state index in [1.165, 1.54) is 0 Å². The molecule has 7 heteroatoms. The van der Waals surface area contributed by atoms with E-state index in [0.717, 1.165) is 17.8 Å². The molecule has 0 saturated heterocycles. The van der Waals surface area contributed by atoms with Crippen LogP contribution in [0.3, 0.4) is 0 Å². The highest BCUT2D eigenvalue weighted by Gasteiger charge is 2.14. The first-order valence-corrected chi connectivity index (χ1v) is 7.61. The topological polar surface area (TPSA) is 88.3 Å². The molecule has 0 radical (unpaired) electrons. The van der Waals surface area contributed by atoms with Crippen molar-refractivity contribution in [2.75, 3.05) is 11.9 Å². The number of anilines is 1. The van der Waals surface area contributed by atoms with Gasteiger partial charge < -0.3 is 15.0 Å². The van der Waals surface area contributed by atoms with Crippen LogP contribution < -0.4 is 10.2 Å². The molecule has 1 amide bonds. The maximum atomic E-state index is 12.1. The van der Waals surface area contributed by atoms with Gasteiger partial charge in [-0.05, 0) is 37.6 Å². The Balaban J connectivity index is 2.05. The summed E-state index contributed by atoms with van der Waals surface area (Å²) < 4.78 is 5.02. The van der Waals surface area contributed by atoms with Crippen LogP contribution in [-0.2, 0) is 4.74 Å². The molecule has 0 aliphatic heterocycles. The summed E-state index contributed by atoms with van der Waals surface area (Å²) in [6, 6.07) is 6.40. The lowest BCUT2D eigenvalue weighted by molar-refractivity contribution is 0.0505. The molecule has 0 fully saturated rings. The first kappa shape index (κ1) is 16.0. The Kier molecular flexibility index (Phi) is 5.11. The largest absolute Gasteiger partial charge is 0.462 e. The number of esters is 1.